The molecule has 4 rings (SSSR count). The van der Waals surface area contributed by atoms with Crippen molar-refractivity contribution < 1.29 is 14.0 Å². The lowest BCUT2D eigenvalue weighted by molar-refractivity contribution is -0.116. The number of hydrogen-bond acceptors (Lipinski definition) is 3. The summed E-state index contributed by atoms with van der Waals surface area (Å²) in [5.41, 5.74) is 4.30. The van der Waals surface area contributed by atoms with Crippen molar-refractivity contribution in [1.29, 1.82) is 0 Å². The Bertz CT molecular complexity index is 1230. The number of carbonyl (C=O) groups is 2. The van der Waals surface area contributed by atoms with Gasteiger partial charge < -0.3 is 9.73 Å². The molecular formula is C25H20ClNO3. The molecule has 0 aliphatic rings. The quantitative estimate of drug-likeness (QED) is 0.310. The van der Waals surface area contributed by atoms with Gasteiger partial charge in [0.2, 0.25) is 11.7 Å². The average molecular weight is 418 g/mol. The first-order valence-corrected chi connectivity index (χ1v) is 10.0. The van der Waals surface area contributed by atoms with Crippen molar-refractivity contribution in [2.45, 2.75) is 19.2 Å². The summed E-state index contributed by atoms with van der Waals surface area (Å²) >= 11 is 6.31. The largest absolute Gasteiger partial charge is 0.452 e. The predicted octanol–water partition coefficient (Wildman–Crippen LogP) is 6.20. The molecule has 1 unspecified atom stereocenters. The van der Waals surface area contributed by atoms with Crippen LogP contribution in [0.2, 0.25) is 0 Å². The molecular weight excluding hydrogens is 398 g/mol. The van der Waals surface area contributed by atoms with E-state index in [1.807, 2.05) is 56.3 Å². The highest BCUT2D eigenvalue weighted by Gasteiger charge is 2.21. The molecule has 5 heteroatoms. The van der Waals surface area contributed by atoms with Crippen molar-refractivity contribution in [2.24, 2.45) is 0 Å². The molecule has 0 bridgehead atoms. The molecule has 3 aromatic carbocycles. The van der Waals surface area contributed by atoms with E-state index in [0.717, 1.165) is 22.1 Å². The predicted molar refractivity (Wildman–Crippen MR) is 119 cm³/mol. The van der Waals surface area contributed by atoms with Crippen LogP contribution >= 0.6 is 11.6 Å². The van der Waals surface area contributed by atoms with Gasteiger partial charge in [-0.25, -0.2) is 0 Å². The van der Waals surface area contributed by atoms with E-state index in [4.69, 9.17) is 16.0 Å². The zero-order chi connectivity index (χ0) is 21.3. The first-order chi connectivity index (χ1) is 14.4. The number of aryl methyl sites for hydroxylation is 2. The van der Waals surface area contributed by atoms with Crippen molar-refractivity contribution in [2.75, 3.05) is 5.32 Å². The van der Waals surface area contributed by atoms with Crippen molar-refractivity contribution in [3.05, 3.63) is 101 Å². The van der Waals surface area contributed by atoms with Crippen LogP contribution in [0.15, 0.2) is 77.2 Å². The van der Waals surface area contributed by atoms with Gasteiger partial charge in [-0.3, -0.25) is 9.59 Å². The zero-order valence-corrected chi connectivity index (χ0v) is 17.4. The lowest BCUT2D eigenvalue weighted by atomic mass is 10.0. The van der Waals surface area contributed by atoms with Gasteiger partial charge >= 0.3 is 0 Å². The topological polar surface area (TPSA) is 59.3 Å². The first-order valence-electron chi connectivity index (χ1n) is 9.58. The molecule has 4 nitrogen and oxygen atoms in total. The molecule has 1 N–H and O–H groups in total. The summed E-state index contributed by atoms with van der Waals surface area (Å²) < 4.78 is 5.83. The van der Waals surface area contributed by atoms with E-state index in [9.17, 15) is 9.59 Å². The summed E-state index contributed by atoms with van der Waals surface area (Å²) in [5.74, 6) is -0.185. The van der Waals surface area contributed by atoms with Crippen LogP contribution in [-0.4, -0.2) is 11.7 Å². The Kier molecular flexibility index (Phi) is 5.42. The summed E-state index contributed by atoms with van der Waals surface area (Å²) in [7, 11) is 0. The third kappa shape index (κ3) is 3.87. The van der Waals surface area contributed by atoms with Crippen LogP contribution < -0.4 is 5.32 Å². The van der Waals surface area contributed by atoms with Crippen LogP contribution in [0.1, 0.15) is 38.2 Å². The summed E-state index contributed by atoms with van der Waals surface area (Å²) in [6.07, 6.45) is 0. The van der Waals surface area contributed by atoms with E-state index in [1.54, 1.807) is 30.3 Å². The van der Waals surface area contributed by atoms with Crippen LogP contribution in [0.4, 0.5) is 5.69 Å². The molecule has 0 saturated heterocycles. The second-order valence-electron chi connectivity index (χ2n) is 7.22. The van der Waals surface area contributed by atoms with E-state index >= 15 is 0 Å². The van der Waals surface area contributed by atoms with Gasteiger partial charge in [-0.2, -0.15) is 0 Å². The van der Waals surface area contributed by atoms with E-state index in [0.29, 0.717) is 22.6 Å². The lowest BCUT2D eigenvalue weighted by Crippen LogP contribution is -2.17. The average Bonchev–Trinajstić information content (AvgIpc) is 3.10. The van der Waals surface area contributed by atoms with E-state index < -0.39 is 5.38 Å². The second kappa shape index (κ2) is 8.17. The minimum atomic E-state index is -0.800. The molecule has 4 aromatic rings. The maximum absolute atomic E-state index is 12.9. The molecule has 0 aliphatic heterocycles. The number of amides is 1. The number of furan rings is 1. The van der Waals surface area contributed by atoms with Crippen LogP contribution in [0.25, 0.3) is 11.0 Å². The van der Waals surface area contributed by atoms with E-state index in [1.165, 1.54) is 0 Å². The molecule has 1 amide bonds. The number of benzene rings is 3. The van der Waals surface area contributed by atoms with Crippen LogP contribution in [0.3, 0.4) is 0 Å². The summed E-state index contributed by atoms with van der Waals surface area (Å²) in [5, 5.41) is 2.81. The number of hydrogen-bond donors (Lipinski definition) is 1. The molecule has 0 aliphatic carbocycles. The fourth-order valence-electron chi connectivity index (χ4n) is 3.33. The van der Waals surface area contributed by atoms with Gasteiger partial charge in [-0.1, -0.05) is 60.2 Å². The van der Waals surface area contributed by atoms with Crippen LogP contribution in [0, 0.1) is 13.8 Å². The minimum Gasteiger partial charge on any atom is -0.452 e. The zero-order valence-electron chi connectivity index (χ0n) is 16.6. The van der Waals surface area contributed by atoms with Crippen molar-refractivity contribution in [3.63, 3.8) is 0 Å². The third-order valence-corrected chi connectivity index (χ3v) is 5.50. The van der Waals surface area contributed by atoms with Crippen molar-refractivity contribution in [1.82, 2.24) is 0 Å². The summed E-state index contributed by atoms with van der Waals surface area (Å²) in [4.78, 5) is 25.4. The molecule has 150 valence electrons. The highest BCUT2D eigenvalue weighted by Crippen LogP contribution is 2.30. The summed E-state index contributed by atoms with van der Waals surface area (Å²) in [6, 6.07) is 21.8. The number of anilines is 1. The Morgan fingerprint density at radius 2 is 1.63 bits per heavy atom. The Labute approximate surface area is 179 Å². The fraction of sp³-hybridized carbons (Fsp3) is 0.120. The molecule has 1 atom stereocenters. The van der Waals surface area contributed by atoms with Gasteiger partial charge in [-0.05, 0) is 37.6 Å². The maximum atomic E-state index is 12.9. The fourth-order valence-corrected chi connectivity index (χ4v) is 3.53. The summed E-state index contributed by atoms with van der Waals surface area (Å²) in [6.45, 7) is 3.81. The smallest absolute Gasteiger partial charge is 0.246 e. The minimum absolute atomic E-state index is 0.167. The van der Waals surface area contributed by atoms with Gasteiger partial charge in [-0.15, -0.1) is 11.6 Å². The Hall–Kier alpha value is -3.37. The first kappa shape index (κ1) is 19.9. The molecule has 1 aromatic heterocycles. The normalized spacial score (nSPS) is 12.0. The number of rotatable bonds is 5. The number of carbonyl (C=O) groups excluding carboxylic acids is 2. The van der Waals surface area contributed by atoms with Gasteiger partial charge in [0.1, 0.15) is 11.0 Å². The number of alkyl halides is 1. The maximum Gasteiger partial charge on any atom is 0.246 e. The molecule has 0 fully saturated rings. The molecule has 30 heavy (non-hydrogen) atoms. The lowest BCUT2D eigenvalue weighted by Gasteiger charge is -2.11. The van der Waals surface area contributed by atoms with Crippen molar-refractivity contribution >= 4 is 39.9 Å². The molecule has 1 heterocycles. The van der Waals surface area contributed by atoms with Gasteiger partial charge in [0, 0.05) is 22.2 Å². The third-order valence-electron chi connectivity index (χ3n) is 5.05. The Balaban J connectivity index is 1.60. The van der Waals surface area contributed by atoms with E-state index in [-0.39, 0.29) is 11.7 Å². The Morgan fingerprint density at radius 1 is 0.933 bits per heavy atom. The molecule has 0 spiro atoms. The monoisotopic (exact) mass is 417 g/mol. The van der Waals surface area contributed by atoms with Gasteiger partial charge in [0.15, 0.2) is 5.76 Å². The SMILES string of the molecule is Cc1ccc(C(=O)c2oc3ccc(NC(=O)C(Cl)c4ccccc4)cc3c2C)cc1. The van der Waals surface area contributed by atoms with Crippen LogP contribution in [-0.2, 0) is 4.79 Å². The Morgan fingerprint density at radius 3 is 2.33 bits per heavy atom. The van der Waals surface area contributed by atoms with E-state index in [2.05, 4.69) is 5.32 Å². The second-order valence-corrected chi connectivity index (χ2v) is 7.66. The van der Waals surface area contributed by atoms with Gasteiger partial charge in [0.25, 0.3) is 0 Å². The molecule has 0 radical (unpaired) electrons. The standard InChI is InChI=1S/C25H20ClNO3/c1-15-8-10-18(11-9-15)23(28)24-16(2)20-14-19(12-13-21(20)30-24)27-25(29)22(26)17-6-4-3-5-7-17/h3-14,22H,1-2H3,(H,27,29). The van der Waals surface area contributed by atoms with Gasteiger partial charge in [0.05, 0.1) is 0 Å². The highest BCUT2D eigenvalue weighted by atomic mass is 35.5. The number of halogens is 1. The number of nitrogens with one attached hydrogen (secondary N) is 1. The van der Waals surface area contributed by atoms with Crippen LogP contribution in [0.5, 0.6) is 0 Å². The number of fused-ring (bicyclic) bond motifs is 1. The van der Waals surface area contributed by atoms with Crippen molar-refractivity contribution in [3.8, 4) is 0 Å². The highest BCUT2D eigenvalue weighted by molar-refractivity contribution is 6.32. The number of ketones is 1. The molecule has 0 saturated carbocycles.